The molecule has 0 saturated carbocycles. The van der Waals surface area contributed by atoms with Crippen molar-refractivity contribution in [3.63, 3.8) is 0 Å². The molecule has 2 heterocycles. The second-order valence-corrected chi connectivity index (χ2v) is 35.9. The molecule has 0 radical (unpaired) electrons. The Bertz CT molecular complexity index is 3810. The Balaban J connectivity index is 0.000000414. The topological polar surface area (TPSA) is 147 Å². The summed E-state index contributed by atoms with van der Waals surface area (Å²) < 4.78 is 15.7. The molecule has 1 atom stereocenters. The Morgan fingerprint density at radius 2 is 0.885 bits per heavy atom. The Morgan fingerprint density at radius 3 is 1.37 bits per heavy atom. The van der Waals surface area contributed by atoms with Crippen molar-refractivity contribution < 1.29 is 47.8 Å². The molecule has 7 aromatic rings. The molecule has 0 N–H and O–H groups in total. The van der Waals surface area contributed by atoms with Crippen LogP contribution in [0.2, 0.25) is 0 Å². The van der Waals surface area contributed by atoms with Crippen molar-refractivity contribution in [2.45, 2.75) is 245 Å². The molecular weight excluding hydrogens is 1310 g/mol. The summed E-state index contributed by atoms with van der Waals surface area (Å²) in [5.74, 6) is 4.67. The molecule has 10 nitrogen and oxygen atoms in total. The van der Waals surface area contributed by atoms with Gasteiger partial charge in [0.05, 0.1) is 12.7 Å². The van der Waals surface area contributed by atoms with Crippen LogP contribution in [-0.4, -0.2) is 54.4 Å². The van der Waals surface area contributed by atoms with E-state index in [4.69, 9.17) is 14.2 Å². The van der Waals surface area contributed by atoms with Gasteiger partial charge >= 0.3 is 0 Å². The van der Waals surface area contributed by atoms with Crippen LogP contribution in [0.3, 0.4) is 0 Å². The molecule has 1 aliphatic rings. The molecule has 0 spiro atoms. The van der Waals surface area contributed by atoms with Crippen LogP contribution in [0.15, 0.2) is 152 Å². The molecule has 104 heavy (non-hydrogen) atoms. The SMILES string of the molecule is CC(C)(C)C(=O)CCCc1ccccc1.CC(C)(C)C(=O)Cc1ccc(-c2ccccc2)s1.CC(C)(C)C(=O)Cc1ccc2c(c1)OCO2.CCC(C)CC(=O)C(C)(C)C.COc1cc(C)ccc1C(=O)C(C)(C)C.Cc1ccc(CC(=O)C(C)(C)C)cc1.Cc1cccc(C)c1CC(=O)C(C)(C)C. The summed E-state index contributed by atoms with van der Waals surface area (Å²) in [4.78, 5) is 85.0. The highest BCUT2D eigenvalue weighted by molar-refractivity contribution is 7.15. The van der Waals surface area contributed by atoms with Gasteiger partial charge in [0.2, 0.25) is 6.79 Å². The number of Topliss-reactive ketones (excluding diaryl/α,β-unsaturated/α-hetero) is 7. The third-order valence-electron chi connectivity index (χ3n) is 17.6. The fraction of sp³-hybridized carbons (Fsp3) is 0.495. The molecule has 0 fully saturated rings. The summed E-state index contributed by atoms with van der Waals surface area (Å²) in [6.45, 7) is 53.9. The second kappa shape index (κ2) is 41.7. The molecule has 11 heteroatoms. The Morgan fingerprint density at radius 1 is 0.433 bits per heavy atom. The Labute approximate surface area is 632 Å². The van der Waals surface area contributed by atoms with Crippen molar-refractivity contribution in [1.29, 1.82) is 0 Å². The van der Waals surface area contributed by atoms with E-state index in [1.807, 2.05) is 255 Å². The zero-order valence-electron chi connectivity index (χ0n) is 69.1. The van der Waals surface area contributed by atoms with Crippen LogP contribution in [0.1, 0.15) is 245 Å². The first kappa shape index (κ1) is 92.2. The third kappa shape index (κ3) is 34.8. The van der Waals surface area contributed by atoms with E-state index in [2.05, 4.69) is 83.1 Å². The number of carbonyl (C=O) groups excluding carboxylic acids is 7. The van der Waals surface area contributed by atoms with Crippen LogP contribution >= 0.6 is 11.3 Å². The number of benzene rings is 6. The summed E-state index contributed by atoms with van der Waals surface area (Å²) in [6.07, 6.45) is 6.58. The van der Waals surface area contributed by atoms with Crippen LogP contribution in [-0.2, 0) is 60.9 Å². The number of thiophene rings is 1. The first-order chi connectivity index (χ1) is 47.9. The van der Waals surface area contributed by atoms with Crippen LogP contribution in [0.25, 0.3) is 10.4 Å². The summed E-state index contributed by atoms with van der Waals surface area (Å²) >= 11 is 1.71. The van der Waals surface area contributed by atoms with E-state index in [1.54, 1.807) is 18.4 Å². The minimum absolute atomic E-state index is 0.111. The van der Waals surface area contributed by atoms with Gasteiger partial charge in [-0.3, -0.25) is 33.6 Å². The van der Waals surface area contributed by atoms with Gasteiger partial charge in [-0.05, 0) is 127 Å². The minimum Gasteiger partial charge on any atom is -0.496 e. The number of hydrogen-bond acceptors (Lipinski definition) is 11. The highest BCUT2D eigenvalue weighted by Gasteiger charge is 2.28. The summed E-state index contributed by atoms with van der Waals surface area (Å²) in [5.41, 5.74) is 9.51. The van der Waals surface area contributed by atoms with Crippen molar-refractivity contribution in [3.8, 4) is 27.7 Å². The van der Waals surface area contributed by atoms with Gasteiger partial charge in [0.25, 0.3) is 0 Å². The smallest absolute Gasteiger partial charge is 0.231 e. The molecule has 1 unspecified atom stereocenters. The lowest BCUT2D eigenvalue weighted by molar-refractivity contribution is -0.127. The molecule has 1 aromatic heterocycles. The molecule has 1 aliphatic heterocycles. The van der Waals surface area contributed by atoms with E-state index in [-0.39, 0.29) is 56.3 Å². The number of ether oxygens (including phenoxy) is 3. The van der Waals surface area contributed by atoms with Gasteiger partial charge in [-0.25, -0.2) is 0 Å². The molecule has 568 valence electrons. The number of ketones is 7. The first-order valence-corrected chi connectivity index (χ1v) is 37.8. The number of methoxy groups -OCH3 is 1. The maximum Gasteiger partial charge on any atom is 0.231 e. The molecule has 0 bridgehead atoms. The lowest BCUT2D eigenvalue weighted by Crippen LogP contribution is -2.22. The van der Waals surface area contributed by atoms with Gasteiger partial charge in [0.15, 0.2) is 17.3 Å². The molecule has 0 amide bonds. The largest absolute Gasteiger partial charge is 0.496 e. The van der Waals surface area contributed by atoms with Gasteiger partial charge in [-0.15, -0.1) is 11.3 Å². The average molecular weight is 1440 g/mol. The lowest BCUT2D eigenvalue weighted by atomic mass is 9.85. The highest BCUT2D eigenvalue weighted by atomic mass is 32.1. The Kier molecular flexibility index (Phi) is 37.0. The quantitative estimate of drug-likeness (QED) is 0.0761. The standard InChI is InChI=1S/C16H18OS.2C14H20O.C13H16O3.C13H18O2.C13H18O.C10H20O/c1-16(2,3)15(17)11-13-9-10-14(18-13)12-7-5-4-6-8-12;1-10-7-6-8-11(2)12(10)9-13(15)14(3,4)5;1-14(2,3)13(15)11-7-10-12-8-5-4-6-9-12;1-13(2,3)12(14)7-9-4-5-10-11(6-9)16-8-15-10;1-9-6-7-10(11(8-9)15-5)12(14)13(2,3)4;1-10-5-7-11(8-6-10)9-12(14)13(2,3)4;1-6-8(2)7-9(11)10(3,4)5/h4-10H,11H2,1-3H3;6-8H,9H2,1-5H3;4-6,8-9H,7,10-11H2,1-3H3;4-6H,7-8H2,1-3H3;6-8H,1-5H3;5-8H,9H2,1-4H3;8H,6-7H2,1-5H3. The molecule has 8 rings (SSSR count). The molecule has 0 saturated heterocycles. The van der Waals surface area contributed by atoms with Crippen molar-refractivity contribution >= 4 is 51.8 Å². The lowest BCUT2D eigenvalue weighted by Gasteiger charge is -2.18. The number of fused-ring (bicyclic) bond motifs is 1. The minimum atomic E-state index is -0.372. The normalized spacial score (nSPS) is 12.2. The van der Waals surface area contributed by atoms with Crippen molar-refractivity contribution in [3.05, 3.63) is 207 Å². The van der Waals surface area contributed by atoms with Crippen molar-refractivity contribution in [2.75, 3.05) is 13.9 Å². The summed E-state index contributed by atoms with van der Waals surface area (Å²) in [7, 11) is 1.59. The summed E-state index contributed by atoms with van der Waals surface area (Å²) in [6, 6.07) is 50.4. The average Bonchev–Trinajstić information content (AvgIpc) is 1.26. The van der Waals surface area contributed by atoms with E-state index in [9.17, 15) is 33.6 Å². The fourth-order valence-electron chi connectivity index (χ4n) is 9.50. The highest BCUT2D eigenvalue weighted by Crippen LogP contribution is 2.35. The van der Waals surface area contributed by atoms with Crippen LogP contribution < -0.4 is 14.2 Å². The molecule has 0 aliphatic carbocycles. The maximum absolute atomic E-state index is 12.1. The molecular formula is C93H130O10S. The maximum atomic E-state index is 12.1. The van der Waals surface area contributed by atoms with E-state index in [0.29, 0.717) is 78.3 Å². The van der Waals surface area contributed by atoms with E-state index in [1.165, 1.54) is 38.3 Å². The van der Waals surface area contributed by atoms with Crippen molar-refractivity contribution in [2.24, 2.45) is 43.8 Å². The van der Waals surface area contributed by atoms with Crippen LogP contribution in [0.5, 0.6) is 17.2 Å². The predicted octanol–water partition coefficient (Wildman–Crippen LogP) is 23.7. The van der Waals surface area contributed by atoms with Gasteiger partial charge in [0.1, 0.15) is 40.4 Å². The number of aryl methyl sites for hydroxylation is 5. The van der Waals surface area contributed by atoms with E-state index in [0.717, 1.165) is 58.7 Å². The third-order valence-corrected chi connectivity index (χ3v) is 18.7. The zero-order valence-corrected chi connectivity index (χ0v) is 69.9. The van der Waals surface area contributed by atoms with Gasteiger partial charge < -0.3 is 14.2 Å². The zero-order chi connectivity index (χ0) is 79.4. The van der Waals surface area contributed by atoms with Crippen LogP contribution in [0.4, 0.5) is 0 Å². The van der Waals surface area contributed by atoms with Gasteiger partial charge in [0, 0.05) is 86.2 Å². The Hall–Kier alpha value is -7.89. The van der Waals surface area contributed by atoms with Crippen molar-refractivity contribution in [1.82, 2.24) is 0 Å². The predicted molar refractivity (Wildman–Crippen MR) is 436 cm³/mol. The van der Waals surface area contributed by atoms with Gasteiger partial charge in [-0.2, -0.15) is 0 Å². The number of hydrogen-bond donors (Lipinski definition) is 0. The van der Waals surface area contributed by atoms with Gasteiger partial charge in [-0.1, -0.05) is 286 Å². The van der Waals surface area contributed by atoms with E-state index < -0.39 is 0 Å². The number of carbonyl (C=O) groups is 7. The van der Waals surface area contributed by atoms with E-state index >= 15 is 0 Å². The summed E-state index contributed by atoms with van der Waals surface area (Å²) in [5, 5.41) is 0. The monoisotopic (exact) mass is 1440 g/mol. The first-order valence-electron chi connectivity index (χ1n) is 36.9. The molecule has 6 aromatic carbocycles. The fourth-order valence-corrected chi connectivity index (χ4v) is 10.5. The van der Waals surface area contributed by atoms with Crippen LogP contribution in [0, 0.1) is 71.5 Å². The number of rotatable bonds is 18. The second-order valence-electron chi connectivity index (χ2n) is 34.8.